The van der Waals surface area contributed by atoms with E-state index < -0.39 is 4.92 Å². The average Bonchev–Trinajstić information content (AvgIpc) is 2.15. The Balaban J connectivity index is 2.69. The van der Waals surface area contributed by atoms with Gasteiger partial charge in [0, 0.05) is 6.54 Å². The van der Waals surface area contributed by atoms with Gasteiger partial charge in [0.15, 0.2) is 0 Å². The van der Waals surface area contributed by atoms with Gasteiger partial charge >= 0.3 is 5.69 Å². The van der Waals surface area contributed by atoms with Crippen molar-refractivity contribution < 1.29 is 4.92 Å². The number of nitrogens with zero attached hydrogens (tertiary/aromatic N) is 3. The highest BCUT2D eigenvalue weighted by Crippen LogP contribution is 2.07. The SMILES string of the molecule is C=CCNc1ncc([N+](=O)[O-])cn1. The average molecular weight is 180 g/mol. The van der Waals surface area contributed by atoms with Crippen LogP contribution in [0, 0.1) is 10.1 Å². The summed E-state index contributed by atoms with van der Waals surface area (Å²) in [7, 11) is 0. The van der Waals surface area contributed by atoms with Gasteiger partial charge in [0.25, 0.3) is 0 Å². The van der Waals surface area contributed by atoms with Gasteiger partial charge in [-0.2, -0.15) is 0 Å². The largest absolute Gasteiger partial charge is 0.351 e. The van der Waals surface area contributed by atoms with Crippen molar-refractivity contribution in [1.29, 1.82) is 0 Å². The van der Waals surface area contributed by atoms with Gasteiger partial charge in [0.2, 0.25) is 5.95 Å². The molecule has 13 heavy (non-hydrogen) atoms. The lowest BCUT2D eigenvalue weighted by atomic mass is 10.5. The molecule has 0 unspecified atom stereocenters. The van der Waals surface area contributed by atoms with Crippen molar-refractivity contribution in [3.05, 3.63) is 35.2 Å². The third-order valence-electron chi connectivity index (χ3n) is 1.25. The fraction of sp³-hybridized carbons (Fsp3) is 0.143. The van der Waals surface area contributed by atoms with E-state index in [4.69, 9.17) is 0 Å². The first kappa shape index (κ1) is 9.11. The molecular weight excluding hydrogens is 172 g/mol. The first-order valence-corrected chi connectivity index (χ1v) is 3.55. The van der Waals surface area contributed by atoms with Gasteiger partial charge in [0.05, 0.1) is 4.92 Å². The van der Waals surface area contributed by atoms with Crippen molar-refractivity contribution in [2.75, 3.05) is 11.9 Å². The van der Waals surface area contributed by atoms with Crippen LogP contribution in [0.2, 0.25) is 0 Å². The summed E-state index contributed by atoms with van der Waals surface area (Å²) in [5.41, 5.74) is -0.121. The molecule has 0 radical (unpaired) electrons. The normalized spacial score (nSPS) is 9.23. The van der Waals surface area contributed by atoms with Crippen molar-refractivity contribution in [1.82, 2.24) is 9.97 Å². The van der Waals surface area contributed by atoms with Gasteiger partial charge < -0.3 is 5.32 Å². The maximum atomic E-state index is 10.2. The van der Waals surface area contributed by atoms with Crippen LogP contribution in [0.3, 0.4) is 0 Å². The predicted octanol–water partition coefficient (Wildman–Crippen LogP) is 0.983. The standard InChI is InChI=1S/C7H8N4O2/c1-2-3-8-7-9-4-6(5-10-7)11(12)13/h2,4-5H,1,3H2,(H,8,9,10). The van der Waals surface area contributed by atoms with E-state index in [1.807, 2.05) is 0 Å². The maximum absolute atomic E-state index is 10.2. The van der Waals surface area contributed by atoms with Gasteiger partial charge in [-0.05, 0) is 0 Å². The van der Waals surface area contributed by atoms with E-state index in [0.29, 0.717) is 12.5 Å². The Kier molecular flexibility index (Phi) is 2.91. The highest BCUT2D eigenvalue weighted by atomic mass is 16.6. The van der Waals surface area contributed by atoms with E-state index >= 15 is 0 Å². The third kappa shape index (κ3) is 2.51. The lowest BCUT2D eigenvalue weighted by molar-refractivity contribution is -0.385. The molecule has 6 heteroatoms. The first-order valence-electron chi connectivity index (χ1n) is 3.55. The molecule has 0 aliphatic heterocycles. The second-order valence-electron chi connectivity index (χ2n) is 2.19. The summed E-state index contributed by atoms with van der Waals surface area (Å²) < 4.78 is 0. The maximum Gasteiger partial charge on any atom is 0.305 e. The predicted molar refractivity (Wildman–Crippen MR) is 47.4 cm³/mol. The first-order chi connectivity index (χ1) is 6.24. The quantitative estimate of drug-likeness (QED) is 0.424. The molecule has 0 saturated heterocycles. The molecule has 0 saturated carbocycles. The van der Waals surface area contributed by atoms with Crippen LogP contribution in [0.4, 0.5) is 11.6 Å². The van der Waals surface area contributed by atoms with E-state index in [-0.39, 0.29) is 5.69 Å². The van der Waals surface area contributed by atoms with Crippen LogP contribution in [0.25, 0.3) is 0 Å². The highest BCUT2D eigenvalue weighted by Gasteiger charge is 2.05. The zero-order chi connectivity index (χ0) is 9.68. The number of nitro groups is 1. The van der Waals surface area contributed by atoms with Gasteiger partial charge in [-0.1, -0.05) is 6.08 Å². The van der Waals surface area contributed by atoms with Crippen molar-refractivity contribution in [2.24, 2.45) is 0 Å². The molecule has 1 aromatic heterocycles. The number of aromatic nitrogens is 2. The molecule has 68 valence electrons. The second-order valence-corrected chi connectivity index (χ2v) is 2.19. The molecule has 0 fully saturated rings. The Morgan fingerprint density at radius 3 is 2.69 bits per heavy atom. The number of hydrogen-bond donors (Lipinski definition) is 1. The Bertz CT molecular complexity index is 309. The number of rotatable bonds is 4. The summed E-state index contributed by atoms with van der Waals surface area (Å²) in [4.78, 5) is 17.1. The van der Waals surface area contributed by atoms with Gasteiger partial charge in [-0.15, -0.1) is 6.58 Å². The molecule has 1 aromatic rings. The van der Waals surface area contributed by atoms with Crippen molar-refractivity contribution in [3.8, 4) is 0 Å². The van der Waals surface area contributed by atoms with Crippen LogP contribution < -0.4 is 5.32 Å². The molecule has 0 aliphatic rings. The third-order valence-corrected chi connectivity index (χ3v) is 1.25. The van der Waals surface area contributed by atoms with Crippen LogP contribution in [-0.2, 0) is 0 Å². The molecule has 6 nitrogen and oxygen atoms in total. The van der Waals surface area contributed by atoms with Gasteiger partial charge in [-0.25, -0.2) is 9.97 Å². The molecule has 1 heterocycles. The Labute approximate surface area is 74.5 Å². The molecule has 0 spiro atoms. The van der Waals surface area contributed by atoms with E-state index in [1.165, 1.54) is 0 Å². The summed E-state index contributed by atoms with van der Waals surface area (Å²) in [6.45, 7) is 4.02. The summed E-state index contributed by atoms with van der Waals surface area (Å²) in [5, 5.41) is 13.0. The molecule has 1 N–H and O–H groups in total. The van der Waals surface area contributed by atoms with E-state index in [2.05, 4.69) is 21.9 Å². The molecule has 0 aliphatic carbocycles. The Hall–Kier alpha value is -1.98. The van der Waals surface area contributed by atoms with Crippen LogP contribution >= 0.6 is 0 Å². The number of hydrogen-bond acceptors (Lipinski definition) is 5. The number of nitrogens with one attached hydrogen (secondary N) is 1. The summed E-state index contributed by atoms with van der Waals surface area (Å²) >= 11 is 0. The summed E-state index contributed by atoms with van der Waals surface area (Å²) in [6.07, 6.45) is 3.95. The summed E-state index contributed by atoms with van der Waals surface area (Å²) in [5.74, 6) is 0.352. The lowest BCUT2D eigenvalue weighted by Crippen LogP contribution is -2.02. The minimum absolute atomic E-state index is 0.121. The zero-order valence-electron chi connectivity index (χ0n) is 6.80. The molecule has 0 aromatic carbocycles. The molecule has 0 amide bonds. The molecule has 1 rings (SSSR count). The van der Waals surface area contributed by atoms with Crippen molar-refractivity contribution >= 4 is 11.6 Å². The summed E-state index contributed by atoms with van der Waals surface area (Å²) in [6, 6.07) is 0. The van der Waals surface area contributed by atoms with Gasteiger partial charge in [-0.3, -0.25) is 10.1 Å². The van der Waals surface area contributed by atoms with Crippen LogP contribution in [0.1, 0.15) is 0 Å². The molecular formula is C7H8N4O2. The van der Waals surface area contributed by atoms with Crippen LogP contribution in [0.15, 0.2) is 25.0 Å². The van der Waals surface area contributed by atoms with Crippen molar-refractivity contribution in [3.63, 3.8) is 0 Å². The topological polar surface area (TPSA) is 81.0 Å². The molecule has 0 bridgehead atoms. The second kappa shape index (κ2) is 4.15. The Morgan fingerprint density at radius 2 is 2.23 bits per heavy atom. The van der Waals surface area contributed by atoms with E-state index in [1.54, 1.807) is 6.08 Å². The Morgan fingerprint density at radius 1 is 1.62 bits per heavy atom. The fourth-order valence-electron chi connectivity index (χ4n) is 0.670. The smallest absolute Gasteiger partial charge is 0.305 e. The van der Waals surface area contributed by atoms with Crippen LogP contribution in [-0.4, -0.2) is 21.4 Å². The minimum Gasteiger partial charge on any atom is -0.351 e. The van der Waals surface area contributed by atoms with Crippen LogP contribution in [0.5, 0.6) is 0 Å². The monoisotopic (exact) mass is 180 g/mol. The van der Waals surface area contributed by atoms with Gasteiger partial charge in [0.1, 0.15) is 12.4 Å². The zero-order valence-corrected chi connectivity index (χ0v) is 6.80. The van der Waals surface area contributed by atoms with Crippen molar-refractivity contribution in [2.45, 2.75) is 0 Å². The lowest BCUT2D eigenvalue weighted by Gasteiger charge is -1.98. The van der Waals surface area contributed by atoms with E-state index in [9.17, 15) is 10.1 Å². The minimum atomic E-state index is -0.544. The number of anilines is 1. The fourth-order valence-corrected chi connectivity index (χ4v) is 0.670. The highest BCUT2D eigenvalue weighted by molar-refractivity contribution is 5.30. The van der Waals surface area contributed by atoms with E-state index in [0.717, 1.165) is 12.4 Å². The molecule has 0 atom stereocenters.